The van der Waals surface area contributed by atoms with Crippen molar-refractivity contribution in [2.45, 2.75) is 46.1 Å². The quantitative estimate of drug-likeness (QED) is 0.595. The Labute approximate surface area is 130 Å². The molecule has 0 aromatic heterocycles. The van der Waals surface area contributed by atoms with Crippen molar-refractivity contribution in [1.29, 1.82) is 0 Å². The fourth-order valence-electron chi connectivity index (χ4n) is 3.58. The van der Waals surface area contributed by atoms with Crippen molar-refractivity contribution in [3.05, 3.63) is 0 Å². The maximum Gasteiger partial charge on any atom is 0.323 e. The predicted molar refractivity (Wildman–Crippen MR) is 81.3 cm³/mol. The number of isocyanates is 1. The largest absolute Gasteiger partial charge is 0.480 e. The van der Waals surface area contributed by atoms with Gasteiger partial charge in [0.25, 0.3) is 0 Å². The highest BCUT2D eigenvalue weighted by molar-refractivity contribution is 5.79. The van der Waals surface area contributed by atoms with Crippen LogP contribution in [0.2, 0.25) is 0 Å². The highest BCUT2D eigenvalue weighted by Gasteiger charge is 2.41. The van der Waals surface area contributed by atoms with Crippen LogP contribution in [-0.4, -0.2) is 54.3 Å². The van der Waals surface area contributed by atoms with E-state index in [1.165, 1.54) is 7.05 Å². The summed E-state index contributed by atoms with van der Waals surface area (Å²) in [5, 5.41) is 11.5. The van der Waals surface area contributed by atoms with E-state index < -0.39 is 12.0 Å². The lowest BCUT2D eigenvalue weighted by Crippen LogP contribution is -2.48. The lowest BCUT2D eigenvalue weighted by atomic mass is 9.63. The second-order valence-electron chi connectivity index (χ2n) is 7.34. The maximum atomic E-state index is 11.9. The number of nitrogens with zero attached hydrogens (tertiary/aromatic N) is 2. The summed E-state index contributed by atoms with van der Waals surface area (Å²) in [5.74, 6) is -1.05. The molecule has 1 saturated carbocycles. The van der Waals surface area contributed by atoms with Gasteiger partial charge in [-0.3, -0.25) is 4.79 Å². The molecule has 2 atom stereocenters. The number of rotatable bonds is 5. The number of aliphatic carboxylic acids is 1. The van der Waals surface area contributed by atoms with Gasteiger partial charge in [0, 0.05) is 13.6 Å². The first kappa shape index (κ1) is 18.2. The van der Waals surface area contributed by atoms with Crippen molar-refractivity contribution in [3.63, 3.8) is 0 Å². The van der Waals surface area contributed by atoms with E-state index in [0.717, 1.165) is 17.7 Å². The zero-order valence-electron chi connectivity index (χ0n) is 13.7. The third kappa shape index (κ3) is 5.48. The molecule has 1 aliphatic carbocycles. The summed E-state index contributed by atoms with van der Waals surface area (Å²) in [6, 6.07) is -0.498. The van der Waals surface area contributed by atoms with Gasteiger partial charge in [-0.05, 0) is 30.1 Å². The van der Waals surface area contributed by atoms with Gasteiger partial charge in [-0.25, -0.2) is 14.6 Å². The van der Waals surface area contributed by atoms with E-state index in [4.69, 9.17) is 5.11 Å². The average Bonchev–Trinajstić information content (AvgIpc) is 2.33. The number of aliphatic imine (C=N–C) groups is 1. The number of likely N-dealkylation sites (N-methyl/N-ethyl adjacent to an activating group) is 1. The Morgan fingerprint density at radius 3 is 2.55 bits per heavy atom. The van der Waals surface area contributed by atoms with E-state index in [2.05, 4.69) is 31.1 Å². The van der Waals surface area contributed by atoms with Crippen molar-refractivity contribution >= 4 is 18.1 Å². The molecule has 7 nitrogen and oxygen atoms in total. The number of urea groups is 1. The number of carbonyl (C=O) groups excluding carboxylic acids is 2. The Bertz CT molecular complexity index is 485. The molecule has 1 fully saturated rings. The van der Waals surface area contributed by atoms with Gasteiger partial charge in [0.1, 0.15) is 6.54 Å². The summed E-state index contributed by atoms with van der Waals surface area (Å²) < 4.78 is 0. The lowest BCUT2D eigenvalue weighted by molar-refractivity contribution is -0.137. The van der Waals surface area contributed by atoms with Crippen LogP contribution >= 0.6 is 0 Å². The fourth-order valence-corrected chi connectivity index (χ4v) is 3.58. The zero-order chi connectivity index (χ0) is 17.0. The number of carbonyl (C=O) groups is 2. The van der Waals surface area contributed by atoms with Gasteiger partial charge in [-0.1, -0.05) is 20.8 Å². The summed E-state index contributed by atoms with van der Waals surface area (Å²) in [5.41, 5.74) is -0.164. The minimum atomic E-state index is -1.05. The summed E-state index contributed by atoms with van der Waals surface area (Å²) in [4.78, 5) is 38.0. The minimum Gasteiger partial charge on any atom is -0.480 e. The number of hydrogen-bond donors (Lipinski definition) is 2. The summed E-state index contributed by atoms with van der Waals surface area (Å²) >= 11 is 0. The molecule has 7 heteroatoms. The van der Waals surface area contributed by atoms with Gasteiger partial charge in [0.2, 0.25) is 6.08 Å². The van der Waals surface area contributed by atoms with E-state index in [-0.39, 0.29) is 23.4 Å². The predicted octanol–water partition coefficient (Wildman–Crippen LogP) is 1.63. The Morgan fingerprint density at radius 2 is 2.00 bits per heavy atom. The molecule has 1 rings (SSSR count). The Morgan fingerprint density at radius 1 is 1.36 bits per heavy atom. The highest BCUT2D eigenvalue weighted by Crippen LogP contribution is 2.46. The standard InChI is InChI=1S/C15H25N3O4/c1-14(2)5-11(17-10-19)6-15(3,8-14)9-16-13(22)18(4)7-12(20)21/h11H,5-9H2,1-4H3,(H,16,22)(H,20,21). The monoisotopic (exact) mass is 311 g/mol. The van der Waals surface area contributed by atoms with Crippen LogP contribution in [0.5, 0.6) is 0 Å². The van der Waals surface area contributed by atoms with Crippen molar-refractivity contribution in [3.8, 4) is 0 Å². The van der Waals surface area contributed by atoms with E-state index in [0.29, 0.717) is 13.0 Å². The second kappa shape index (κ2) is 6.92. The van der Waals surface area contributed by atoms with Gasteiger partial charge in [0.15, 0.2) is 0 Å². The average molecular weight is 311 g/mol. The molecular formula is C15H25N3O4. The van der Waals surface area contributed by atoms with E-state index in [9.17, 15) is 14.4 Å². The van der Waals surface area contributed by atoms with Crippen LogP contribution in [0.1, 0.15) is 40.0 Å². The van der Waals surface area contributed by atoms with Crippen LogP contribution < -0.4 is 5.32 Å². The molecule has 0 spiro atoms. The summed E-state index contributed by atoms with van der Waals surface area (Å²) in [6.07, 6.45) is 4.06. The molecule has 0 heterocycles. The molecule has 2 N–H and O–H groups in total. The molecule has 1 aliphatic rings. The molecule has 0 bridgehead atoms. The molecule has 0 aromatic rings. The molecule has 0 radical (unpaired) electrons. The maximum absolute atomic E-state index is 11.9. The van der Waals surface area contributed by atoms with Gasteiger partial charge in [-0.2, -0.15) is 0 Å². The van der Waals surface area contributed by atoms with Crippen molar-refractivity contribution < 1.29 is 19.5 Å². The molecule has 0 saturated heterocycles. The third-order valence-electron chi connectivity index (χ3n) is 4.04. The van der Waals surface area contributed by atoms with Crippen molar-refractivity contribution in [2.24, 2.45) is 15.8 Å². The van der Waals surface area contributed by atoms with E-state index >= 15 is 0 Å². The molecule has 0 aliphatic heterocycles. The normalized spacial score (nSPS) is 26.6. The first-order valence-corrected chi connectivity index (χ1v) is 7.35. The topological polar surface area (TPSA) is 99.1 Å². The number of carboxylic acid groups (broad SMARTS) is 1. The van der Waals surface area contributed by atoms with Crippen molar-refractivity contribution in [2.75, 3.05) is 20.1 Å². The lowest BCUT2D eigenvalue weighted by Gasteiger charge is -2.45. The van der Waals surface area contributed by atoms with Crippen LogP contribution in [0.15, 0.2) is 4.99 Å². The highest BCUT2D eigenvalue weighted by atomic mass is 16.4. The second-order valence-corrected chi connectivity index (χ2v) is 7.34. The van der Waals surface area contributed by atoms with Crippen molar-refractivity contribution in [1.82, 2.24) is 10.2 Å². The summed E-state index contributed by atoms with van der Waals surface area (Å²) in [6.45, 7) is 6.38. The number of hydrogen-bond acceptors (Lipinski definition) is 4. The van der Waals surface area contributed by atoms with E-state index in [1.807, 2.05) is 0 Å². The molecule has 22 heavy (non-hydrogen) atoms. The molecule has 124 valence electrons. The number of nitrogens with one attached hydrogen (secondary N) is 1. The summed E-state index contributed by atoms with van der Waals surface area (Å²) in [7, 11) is 1.44. The number of carboxylic acids is 1. The Kier molecular flexibility index (Phi) is 5.72. The van der Waals surface area contributed by atoms with E-state index in [1.54, 1.807) is 6.08 Å². The molecular weight excluding hydrogens is 286 g/mol. The Balaban J connectivity index is 2.67. The van der Waals surface area contributed by atoms with Crippen LogP contribution in [0.3, 0.4) is 0 Å². The molecule has 2 amide bonds. The molecule has 2 unspecified atom stereocenters. The van der Waals surface area contributed by atoms with Crippen LogP contribution in [0.25, 0.3) is 0 Å². The number of amides is 2. The van der Waals surface area contributed by atoms with Gasteiger partial charge < -0.3 is 15.3 Å². The fraction of sp³-hybridized carbons (Fsp3) is 0.800. The van der Waals surface area contributed by atoms with Gasteiger partial charge >= 0.3 is 12.0 Å². The third-order valence-corrected chi connectivity index (χ3v) is 4.04. The Hall–Kier alpha value is -1.88. The zero-order valence-corrected chi connectivity index (χ0v) is 13.7. The first-order valence-electron chi connectivity index (χ1n) is 7.35. The van der Waals surface area contributed by atoms with Crippen LogP contribution in [0, 0.1) is 10.8 Å². The molecule has 0 aromatic carbocycles. The van der Waals surface area contributed by atoms with Gasteiger partial charge in [0.05, 0.1) is 6.04 Å². The van der Waals surface area contributed by atoms with Crippen LogP contribution in [-0.2, 0) is 9.59 Å². The first-order chi connectivity index (χ1) is 10.1. The minimum absolute atomic E-state index is 0.0235. The SMILES string of the molecule is CN(CC(=O)O)C(=O)NCC1(C)CC(N=C=O)CC(C)(C)C1. The smallest absolute Gasteiger partial charge is 0.323 e. The van der Waals surface area contributed by atoms with Crippen LogP contribution in [0.4, 0.5) is 4.79 Å². The van der Waals surface area contributed by atoms with Gasteiger partial charge in [-0.15, -0.1) is 0 Å².